The number of H-pyrrole nitrogens is 1. The number of rotatable bonds is 3. The fourth-order valence-electron chi connectivity index (χ4n) is 2.41. The summed E-state index contributed by atoms with van der Waals surface area (Å²) in [7, 11) is 1.39. The van der Waals surface area contributed by atoms with E-state index in [1.54, 1.807) is 6.07 Å². The van der Waals surface area contributed by atoms with Crippen molar-refractivity contribution in [2.24, 2.45) is 0 Å². The topological polar surface area (TPSA) is 42.1 Å². The molecule has 0 amide bonds. The molecule has 0 saturated carbocycles. The number of nitrogens with one attached hydrogen (secondary N) is 1. The van der Waals surface area contributed by atoms with Crippen LogP contribution in [0.5, 0.6) is 0 Å². The third-order valence-electron chi connectivity index (χ3n) is 3.43. The molecular formula is C17H14ClNO2. The molecule has 0 aliphatic carbocycles. The summed E-state index contributed by atoms with van der Waals surface area (Å²) in [6.45, 7) is 0. The first kappa shape index (κ1) is 13.7. The van der Waals surface area contributed by atoms with E-state index in [4.69, 9.17) is 16.3 Å². The number of benzene rings is 2. The van der Waals surface area contributed by atoms with Crippen molar-refractivity contribution in [3.63, 3.8) is 0 Å². The Labute approximate surface area is 127 Å². The first-order valence-electron chi connectivity index (χ1n) is 6.61. The Morgan fingerprint density at radius 1 is 1.19 bits per heavy atom. The Balaban J connectivity index is 1.97. The highest BCUT2D eigenvalue weighted by atomic mass is 35.5. The van der Waals surface area contributed by atoms with E-state index in [1.807, 2.05) is 36.4 Å². The summed E-state index contributed by atoms with van der Waals surface area (Å²) in [6, 6.07) is 15.4. The smallest absolute Gasteiger partial charge is 0.339 e. The van der Waals surface area contributed by atoms with Crippen LogP contribution in [0.25, 0.3) is 10.9 Å². The van der Waals surface area contributed by atoms with Gasteiger partial charge < -0.3 is 9.72 Å². The molecule has 0 radical (unpaired) electrons. The highest BCUT2D eigenvalue weighted by Gasteiger charge is 2.12. The van der Waals surface area contributed by atoms with Gasteiger partial charge in [0.15, 0.2) is 0 Å². The molecule has 21 heavy (non-hydrogen) atoms. The maximum absolute atomic E-state index is 11.8. The van der Waals surface area contributed by atoms with Crippen molar-refractivity contribution in [3.8, 4) is 0 Å². The molecule has 2 aromatic carbocycles. The van der Waals surface area contributed by atoms with Crippen LogP contribution in [-0.4, -0.2) is 18.1 Å². The lowest BCUT2D eigenvalue weighted by molar-refractivity contribution is 0.0603. The molecule has 0 atom stereocenters. The number of hydrogen-bond donors (Lipinski definition) is 1. The van der Waals surface area contributed by atoms with Crippen molar-refractivity contribution in [2.45, 2.75) is 6.42 Å². The van der Waals surface area contributed by atoms with Crippen LogP contribution in [0, 0.1) is 0 Å². The number of esters is 1. The van der Waals surface area contributed by atoms with Gasteiger partial charge in [0.1, 0.15) is 0 Å². The van der Waals surface area contributed by atoms with Crippen LogP contribution < -0.4 is 0 Å². The molecule has 4 heteroatoms. The number of aromatic amines is 1. The third kappa shape index (κ3) is 2.78. The fourth-order valence-corrected chi connectivity index (χ4v) is 2.54. The zero-order valence-electron chi connectivity index (χ0n) is 11.5. The van der Waals surface area contributed by atoms with Crippen LogP contribution in [-0.2, 0) is 11.2 Å². The molecule has 3 nitrogen and oxygen atoms in total. The van der Waals surface area contributed by atoms with Crippen molar-refractivity contribution in [3.05, 3.63) is 70.4 Å². The van der Waals surface area contributed by atoms with Crippen LogP contribution in [0.15, 0.2) is 48.5 Å². The van der Waals surface area contributed by atoms with Gasteiger partial charge in [0.2, 0.25) is 0 Å². The molecule has 0 fully saturated rings. The fraction of sp³-hybridized carbons (Fsp3) is 0.118. The summed E-state index contributed by atoms with van der Waals surface area (Å²) in [4.78, 5) is 15.1. The van der Waals surface area contributed by atoms with Crippen LogP contribution in [0.2, 0.25) is 5.02 Å². The molecule has 0 spiro atoms. The number of methoxy groups -OCH3 is 1. The van der Waals surface area contributed by atoms with Crippen LogP contribution in [0.1, 0.15) is 21.6 Å². The average Bonchev–Trinajstić information content (AvgIpc) is 2.91. The zero-order chi connectivity index (χ0) is 14.8. The lowest BCUT2D eigenvalue weighted by atomic mass is 10.1. The van der Waals surface area contributed by atoms with E-state index in [1.165, 1.54) is 7.11 Å². The highest BCUT2D eigenvalue weighted by Crippen LogP contribution is 2.22. The van der Waals surface area contributed by atoms with E-state index >= 15 is 0 Å². The van der Waals surface area contributed by atoms with Gasteiger partial charge in [-0.25, -0.2) is 4.79 Å². The number of carbonyl (C=O) groups excluding carboxylic acids is 1. The largest absolute Gasteiger partial charge is 0.465 e. The van der Waals surface area contributed by atoms with Gasteiger partial charge in [-0.3, -0.25) is 0 Å². The summed E-state index contributed by atoms with van der Waals surface area (Å²) >= 11 is 5.89. The molecule has 1 aromatic heterocycles. The van der Waals surface area contributed by atoms with Gasteiger partial charge in [-0.2, -0.15) is 0 Å². The number of carbonyl (C=O) groups is 1. The molecular weight excluding hydrogens is 286 g/mol. The minimum absolute atomic E-state index is 0.333. The number of para-hydroxylation sites is 1. The zero-order valence-corrected chi connectivity index (χ0v) is 12.3. The number of fused-ring (bicyclic) bond motifs is 1. The second kappa shape index (κ2) is 5.62. The molecule has 1 heterocycles. The minimum Gasteiger partial charge on any atom is -0.465 e. The van der Waals surface area contributed by atoms with E-state index in [2.05, 4.69) is 11.1 Å². The van der Waals surface area contributed by atoms with Crippen molar-refractivity contribution < 1.29 is 9.53 Å². The molecule has 1 N–H and O–H groups in total. The van der Waals surface area contributed by atoms with Crippen LogP contribution in [0.4, 0.5) is 0 Å². The van der Waals surface area contributed by atoms with Gasteiger partial charge in [-0.1, -0.05) is 35.9 Å². The Hall–Kier alpha value is -2.26. The summed E-state index contributed by atoms with van der Waals surface area (Å²) in [5.74, 6) is -0.333. The van der Waals surface area contributed by atoms with Gasteiger partial charge in [0.05, 0.1) is 18.2 Å². The first-order chi connectivity index (χ1) is 10.2. The van der Waals surface area contributed by atoms with Gasteiger partial charge in [-0.15, -0.1) is 0 Å². The second-order valence-corrected chi connectivity index (χ2v) is 5.30. The molecule has 106 valence electrons. The summed E-state index contributed by atoms with van der Waals surface area (Å²) in [5.41, 5.74) is 3.57. The standard InChI is InChI=1S/C17H14ClNO2/c1-21-17(20)15-4-2-3-12-10-14(19-16(12)15)9-11-5-7-13(18)8-6-11/h2-8,10,19H,9H2,1H3. The normalized spacial score (nSPS) is 10.8. The van der Waals surface area contributed by atoms with Gasteiger partial charge in [0.25, 0.3) is 0 Å². The lowest BCUT2D eigenvalue weighted by Crippen LogP contribution is -2.01. The van der Waals surface area contributed by atoms with Crippen molar-refractivity contribution in [1.29, 1.82) is 0 Å². The third-order valence-corrected chi connectivity index (χ3v) is 3.68. The monoisotopic (exact) mass is 299 g/mol. The van der Waals surface area contributed by atoms with E-state index < -0.39 is 0 Å². The average molecular weight is 300 g/mol. The molecule has 0 unspecified atom stereocenters. The highest BCUT2D eigenvalue weighted by molar-refractivity contribution is 6.30. The quantitative estimate of drug-likeness (QED) is 0.737. The predicted molar refractivity (Wildman–Crippen MR) is 83.9 cm³/mol. The van der Waals surface area contributed by atoms with Gasteiger partial charge in [0, 0.05) is 22.5 Å². The Morgan fingerprint density at radius 2 is 1.95 bits per heavy atom. The van der Waals surface area contributed by atoms with Crippen molar-refractivity contribution in [2.75, 3.05) is 7.11 Å². The van der Waals surface area contributed by atoms with Crippen molar-refractivity contribution >= 4 is 28.5 Å². The first-order valence-corrected chi connectivity index (χ1v) is 6.98. The van der Waals surface area contributed by atoms with E-state index in [-0.39, 0.29) is 5.97 Å². The van der Waals surface area contributed by atoms with E-state index in [0.717, 1.165) is 33.6 Å². The summed E-state index contributed by atoms with van der Waals surface area (Å²) < 4.78 is 4.81. The molecule has 0 aliphatic rings. The van der Waals surface area contributed by atoms with Crippen molar-refractivity contribution in [1.82, 2.24) is 4.98 Å². The Kier molecular flexibility index (Phi) is 3.67. The summed E-state index contributed by atoms with van der Waals surface area (Å²) in [5, 5.41) is 1.73. The maximum atomic E-state index is 11.8. The molecule has 3 rings (SSSR count). The summed E-state index contributed by atoms with van der Waals surface area (Å²) in [6.07, 6.45) is 0.756. The van der Waals surface area contributed by atoms with Crippen LogP contribution in [0.3, 0.4) is 0 Å². The Bertz CT molecular complexity index is 790. The van der Waals surface area contributed by atoms with Gasteiger partial charge in [-0.05, 0) is 29.8 Å². The minimum atomic E-state index is -0.333. The number of ether oxygens (including phenoxy) is 1. The molecule has 3 aromatic rings. The number of aromatic nitrogens is 1. The Morgan fingerprint density at radius 3 is 2.67 bits per heavy atom. The molecule has 0 bridgehead atoms. The van der Waals surface area contributed by atoms with E-state index in [9.17, 15) is 4.79 Å². The number of hydrogen-bond acceptors (Lipinski definition) is 2. The SMILES string of the molecule is COC(=O)c1cccc2cc(Cc3ccc(Cl)cc3)[nH]c12. The molecule has 0 saturated heterocycles. The number of halogens is 1. The molecule has 0 aliphatic heterocycles. The van der Waals surface area contributed by atoms with Crippen LogP contribution >= 0.6 is 11.6 Å². The van der Waals surface area contributed by atoms with Gasteiger partial charge >= 0.3 is 5.97 Å². The lowest BCUT2D eigenvalue weighted by Gasteiger charge is -2.01. The van der Waals surface area contributed by atoms with E-state index in [0.29, 0.717) is 5.56 Å². The maximum Gasteiger partial charge on any atom is 0.339 e. The predicted octanol–water partition coefficient (Wildman–Crippen LogP) is 4.20. The second-order valence-electron chi connectivity index (χ2n) is 4.86.